The van der Waals surface area contributed by atoms with Crippen molar-refractivity contribution in [2.45, 2.75) is 59.0 Å². The van der Waals surface area contributed by atoms with E-state index in [0.29, 0.717) is 12.3 Å². The Bertz CT molecular complexity index is 169. The number of nitrogens with one attached hydrogen (secondary N) is 1. The molecule has 84 valence electrons. The van der Waals surface area contributed by atoms with Gasteiger partial charge in [-0.2, -0.15) is 0 Å². The number of carboxylic acids is 1. The van der Waals surface area contributed by atoms with Gasteiger partial charge < -0.3 is 10.4 Å². The van der Waals surface area contributed by atoms with E-state index >= 15 is 0 Å². The Morgan fingerprint density at radius 2 is 1.93 bits per heavy atom. The van der Waals surface area contributed by atoms with Gasteiger partial charge in [0.2, 0.25) is 0 Å². The topological polar surface area (TPSA) is 49.3 Å². The standard InChI is InChI=1S/C11H23NO2/c1-5-6-10(11(13)14)12-9(4)7-8(2)3/h8-10,12H,5-7H2,1-4H3,(H,13,14). The lowest BCUT2D eigenvalue weighted by atomic mass is 10.0. The molecule has 2 atom stereocenters. The van der Waals surface area contributed by atoms with Gasteiger partial charge in [-0.3, -0.25) is 4.79 Å². The Hall–Kier alpha value is -0.570. The summed E-state index contributed by atoms with van der Waals surface area (Å²) in [4.78, 5) is 10.8. The van der Waals surface area contributed by atoms with E-state index in [1.54, 1.807) is 0 Å². The van der Waals surface area contributed by atoms with Crippen LogP contribution in [0.25, 0.3) is 0 Å². The number of carboxylic acid groups (broad SMARTS) is 1. The number of aliphatic carboxylic acids is 1. The SMILES string of the molecule is CCCC(NC(C)CC(C)C)C(=O)O. The van der Waals surface area contributed by atoms with Crippen molar-refractivity contribution in [2.24, 2.45) is 5.92 Å². The molecular weight excluding hydrogens is 178 g/mol. The molecule has 0 heterocycles. The van der Waals surface area contributed by atoms with Crippen molar-refractivity contribution in [1.82, 2.24) is 5.32 Å². The monoisotopic (exact) mass is 201 g/mol. The first-order valence-corrected chi connectivity index (χ1v) is 5.46. The van der Waals surface area contributed by atoms with E-state index in [0.717, 1.165) is 12.8 Å². The lowest BCUT2D eigenvalue weighted by Crippen LogP contribution is -2.42. The molecule has 2 unspecified atom stereocenters. The zero-order chi connectivity index (χ0) is 11.1. The second kappa shape index (κ2) is 6.82. The maximum absolute atomic E-state index is 10.8. The molecule has 0 aliphatic rings. The fourth-order valence-electron chi connectivity index (χ4n) is 1.69. The molecule has 3 nitrogen and oxygen atoms in total. The van der Waals surface area contributed by atoms with Gasteiger partial charge in [-0.1, -0.05) is 27.2 Å². The molecule has 0 spiro atoms. The second-order valence-corrected chi connectivity index (χ2v) is 4.38. The van der Waals surface area contributed by atoms with Crippen molar-refractivity contribution < 1.29 is 9.90 Å². The van der Waals surface area contributed by atoms with Gasteiger partial charge in [0.15, 0.2) is 0 Å². The molecule has 0 aliphatic heterocycles. The molecule has 0 aromatic rings. The Labute approximate surface area is 86.9 Å². The number of hydrogen-bond donors (Lipinski definition) is 2. The van der Waals surface area contributed by atoms with Gasteiger partial charge in [-0.15, -0.1) is 0 Å². The van der Waals surface area contributed by atoms with Crippen molar-refractivity contribution in [1.29, 1.82) is 0 Å². The van der Waals surface area contributed by atoms with Gasteiger partial charge in [0, 0.05) is 6.04 Å². The molecule has 0 bridgehead atoms. The largest absolute Gasteiger partial charge is 0.480 e. The summed E-state index contributed by atoms with van der Waals surface area (Å²) in [7, 11) is 0. The van der Waals surface area contributed by atoms with Gasteiger partial charge in [0.05, 0.1) is 0 Å². The normalized spacial score (nSPS) is 15.5. The van der Waals surface area contributed by atoms with E-state index < -0.39 is 5.97 Å². The van der Waals surface area contributed by atoms with Crippen LogP contribution in [-0.4, -0.2) is 23.2 Å². The molecule has 0 saturated heterocycles. The van der Waals surface area contributed by atoms with Crippen LogP contribution in [0.5, 0.6) is 0 Å². The van der Waals surface area contributed by atoms with Crippen LogP contribution in [-0.2, 0) is 4.79 Å². The van der Waals surface area contributed by atoms with Gasteiger partial charge in [0.25, 0.3) is 0 Å². The van der Waals surface area contributed by atoms with Crippen molar-refractivity contribution >= 4 is 5.97 Å². The Morgan fingerprint density at radius 3 is 2.29 bits per heavy atom. The predicted octanol–water partition coefficient (Wildman–Crippen LogP) is 2.26. The lowest BCUT2D eigenvalue weighted by molar-refractivity contribution is -0.139. The predicted molar refractivity (Wildman–Crippen MR) is 58.4 cm³/mol. The van der Waals surface area contributed by atoms with E-state index in [1.807, 2.05) is 13.8 Å². The molecule has 0 aromatic heterocycles. The van der Waals surface area contributed by atoms with E-state index in [-0.39, 0.29) is 12.1 Å². The van der Waals surface area contributed by atoms with Gasteiger partial charge in [0.1, 0.15) is 6.04 Å². The highest BCUT2D eigenvalue weighted by Crippen LogP contribution is 2.06. The zero-order valence-electron chi connectivity index (χ0n) is 9.71. The molecule has 0 saturated carbocycles. The van der Waals surface area contributed by atoms with Crippen LogP contribution in [0.15, 0.2) is 0 Å². The molecule has 0 rings (SSSR count). The first-order chi connectivity index (χ1) is 6.47. The third kappa shape index (κ3) is 5.97. The minimum atomic E-state index is -0.734. The maximum Gasteiger partial charge on any atom is 0.320 e. The summed E-state index contributed by atoms with van der Waals surface area (Å²) in [6, 6.07) is -0.101. The summed E-state index contributed by atoms with van der Waals surface area (Å²) in [6.07, 6.45) is 2.63. The summed E-state index contributed by atoms with van der Waals surface area (Å²) in [5.74, 6) is -0.129. The molecule has 0 amide bonds. The fourth-order valence-corrected chi connectivity index (χ4v) is 1.69. The highest BCUT2D eigenvalue weighted by Gasteiger charge is 2.18. The lowest BCUT2D eigenvalue weighted by Gasteiger charge is -2.21. The third-order valence-electron chi connectivity index (χ3n) is 2.19. The van der Waals surface area contributed by atoms with Crippen molar-refractivity contribution in [3.8, 4) is 0 Å². The van der Waals surface area contributed by atoms with Gasteiger partial charge in [-0.05, 0) is 25.7 Å². The molecule has 14 heavy (non-hydrogen) atoms. The first-order valence-electron chi connectivity index (χ1n) is 5.46. The van der Waals surface area contributed by atoms with Crippen LogP contribution in [0.2, 0.25) is 0 Å². The Balaban J connectivity index is 3.95. The Morgan fingerprint density at radius 1 is 1.36 bits per heavy atom. The van der Waals surface area contributed by atoms with Crippen molar-refractivity contribution in [3.05, 3.63) is 0 Å². The van der Waals surface area contributed by atoms with Gasteiger partial charge >= 0.3 is 5.97 Å². The molecule has 0 radical (unpaired) electrons. The maximum atomic E-state index is 10.8. The highest BCUT2D eigenvalue weighted by atomic mass is 16.4. The molecule has 3 heteroatoms. The minimum Gasteiger partial charge on any atom is -0.480 e. The number of carbonyl (C=O) groups is 1. The van der Waals surface area contributed by atoms with Crippen LogP contribution in [0, 0.1) is 5.92 Å². The van der Waals surface area contributed by atoms with Crippen molar-refractivity contribution in [3.63, 3.8) is 0 Å². The van der Waals surface area contributed by atoms with E-state index in [1.165, 1.54) is 0 Å². The third-order valence-corrected chi connectivity index (χ3v) is 2.19. The fraction of sp³-hybridized carbons (Fsp3) is 0.909. The van der Waals surface area contributed by atoms with Crippen LogP contribution >= 0.6 is 0 Å². The average molecular weight is 201 g/mol. The summed E-state index contributed by atoms with van der Waals surface area (Å²) in [6.45, 7) is 8.35. The molecule has 0 aliphatic carbocycles. The summed E-state index contributed by atoms with van der Waals surface area (Å²) in [5.41, 5.74) is 0. The quantitative estimate of drug-likeness (QED) is 0.664. The second-order valence-electron chi connectivity index (χ2n) is 4.38. The molecule has 2 N–H and O–H groups in total. The van der Waals surface area contributed by atoms with Crippen LogP contribution < -0.4 is 5.32 Å². The smallest absolute Gasteiger partial charge is 0.320 e. The first kappa shape index (κ1) is 13.4. The summed E-state index contributed by atoms with van der Waals surface area (Å²) >= 11 is 0. The Kier molecular flexibility index (Phi) is 6.54. The van der Waals surface area contributed by atoms with E-state index in [2.05, 4.69) is 19.2 Å². The average Bonchev–Trinajstić information content (AvgIpc) is 2.01. The minimum absolute atomic E-state index is 0.280. The van der Waals surface area contributed by atoms with E-state index in [9.17, 15) is 4.79 Å². The number of rotatable bonds is 7. The summed E-state index contributed by atoms with van der Waals surface area (Å²) in [5, 5.41) is 12.1. The summed E-state index contributed by atoms with van der Waals surface area (Å²) < 4.78 is 0. The van der Waals surface area contributed by atoms with Crippen LogP contribution in [0.3, 0.4) is 0 Å². The molecular formula is C11H23NO2. The van der Waals surface area contributed by atoms with E-state index in [4.69, 9.17) is 5.11 Å². The highest BCUT2D eigenvalue weighted by molar-refractivity contribution is 5.73. The van der Waals surface area contributed by atoms with Gasteiger partial charge in [-0.25, -0.2) is 0 Å². The van der Waals surface area contributed by atoms with Crippen molar-refractivity contribution in [2.75, 3.05) is 0 Å². The molecule has 0 fully saturated rings. The zero-order valence-corrected chi connectivity index (χ0v) is 9.71. The van der Waals surface area contributed by atoms with Crippen LogP contribution in [0.4, 0.5) is 0 Å². The van der Waals surface area contributed by atoms with Crippen LogP contribution in [0.1, 0.15) is 47.0 Å². The molecule has 0 aromatic carbocycles. The number of hydrogen-bond acceptors (Lipinski definition) is 2.